The second-order valence-electron chi connectivity index (χ2n) is 9.36. The number of rotatable bonds is 5. The van der Waals surface area contributed by atoms with E-state index in [1.165, 1.54) is 6.20 Å². The number of hydrogen-bond donors (Lipinski definition) is 1. The van der Waals surface area contributed by atoms with Gasteiger partial charge in [0.2, 0.25) is 0 Å². The predicted octanol–water partition coefficient (Wildman–Crippen LogP) is 4.19. The van der Waals surface area contributed by atoms with Gasteiger partial charge in [-0.05, 0) is 17.7 Å². The van der Waals surface area contributed by atoms with E-state index in [0.717, 1.165) is 70.1 Å². The van der Waals surface area contributed by atoms with Crippen molar-refractivity contribution in [3.05, 3.63) is 48.0 Å². The second kappa shape index (κ2) is 8.74. The van der Waals surface area contributed by atoms with Crippen molar-refractivity contribution in [2.45, 2.75) is 12.6 Å². The molecule has 0 aliphatic carbocycles. The van der Waals surface area contributed by atoms with E-state index in [1.54, 1.807) is 18.4 Å². The average molecular weight is 505 g/mol. The maximum absolute atomic E-state index is 14.8. The molecule has 4 aromatic heterocycles. The van der Waals surface area contributed by atoms with Crippen LogP contribution in [0.2, 0.25) is 0 Å². The van der Waals surface area contributed by atoms with Gasteiger partial charge >= 0.3 is 0 Å². The number of benzene rings is 1. The highest BCUT2D eigenvalue weighted by molar-refractivity contribution is 7.25. The molecule has 0 atom stereocenters. The molecule has 0 spiro atoms. The Morgan fingerprint density at radius 2 is 2.08 bits per heavy atom. The van der Waals surface area contributed by atoms with E-state index in [1.807, 2.05) is 24.4 Å². The lowest BCUT2D eigenvalue weighted by atomic mass is 10.1. The summed E-state index contributed by atoms with van der Waals surface area (Å²) < 4.78 is 26.8. The molecule has 2 fully saturated rings. The Morgan fingerprint density at radius 3 is 2.92 bits per heavy atom. The lowest BCUT2D eigenvalue weighted by molar-refractivity contribution is -0.0334. The van der Waals surface area contributed by atoms with Gasteiger partial charge in [0.15, 0.2) is 11.6 Å². The molecule has 2 aliphatic rings. The highest BCUT2D eigenvalue weighted by atomic mass is 32.1. The van der Waals surface area contributed by atoms with E-state index in [4.69, 9.17) is 24.4 Å². The smallest absolute Gasteiger partial charge is 0.163 e. The fourth-order valence-corrected chi connectivity index (χ4v) is 6.23. The maximum atomic E-state index is 14.8. The zero-order valence-corrected chi connectivity index (χ0v) is 20.6. The Balaban J connectivity index is 1.40. The SMILES string of the molecule is COC1CN(Cc2cnc3sc4c(N5CCOCC5)nc(-c5cccc6[nH]cc(F)c56)nc4c3c2)C1. The van der Waals surface area contributed by atoms with Crippen molar-refractivity contribution in [3.63, 3.8) is 0 Å². The number of thiophene rings is 1. The summed E-state index contributed by atoms with van der Waals surface area (Å²) in [7, 11) is 1.76. The molecule has 2 aliphatic heterocycles. The molecule has 8 nitrogen and oxygen atoms in total. The molecule has 10 heteroatoms. The Kier molecular flexibility index (Phi) is 5.35. The number of anilines is 1. The summed E-state index contributed by atoms with van der Waals surface area (Å²) in [4.78, 5) is 23.4. The Hall–Kier alpha value is -3.18. The summed E-state index contributed by atoms with van der Waals surface area (Å²) >= 11 is 1.61. The van der Waals surface area contributed by atoms with Crippen LogP contribution in [-0.2, 0) is 16.0 Å². The second-order valence-corrected chi connectivity index (χ2v) is 10.4. The van der Waals surface area contributed by atoms with Gasteiger partial charge < -0.3 is 19.4 Å². The topological polar surface area (TPSA) is 79.4 Å². The number of likely N-dealkylation sites (tertiary alicyclic amines) is 1. The number of nitrogens with one attached hydrogen (secondary N) is 1. The summed E-state index contributed by atoms with van der Waals surface area (Å²) in [6.45, 7) is 5.47. The summed E-state index contributed by atoms with van der Waals surface area (Å²) in [5, 5.41) is 1.52. The molecule has 1 aromatic carbocycles. The van der Waals surface area contributed by atoms with Gasteiger partial charge in [-0.3, -0.25) is 4.90 Å². The number of fused-ring (bicyclic) bond motifs is 4. The molecule has 5 aromatic rings. The number of ether oxygens (including phenoxy) is 2. The van der Waals surface area contributed by atoms with Gasteiger partial charge in [0, 0.05) is 74.1 Å². The molecule has 0 amide bonds. The molecule has 0 unspecified atom stereocenters. The van der Waals surface area contributed by atoms with Gasteiger partial charge in [0.05, 0.1) is 29.5 Å². The highest BCUT2D eigenvalue weighted by Crippen LogP contribution is 2.40. The first-order valence-corrected chi connectivity index (χ1v) is 12.9. The molecule has 0 bridgehead atoms. The van der Waals surface area contributed by atoms with Crippen molar-refractivity contribution in [2.75, 3.05) is 51.4 Å². The number of halogens is 1. The first kappa shape index (κ1) is 22.1. The lowest BCUT2D eigenvalue weighted by Gasteiger charge is -2.38. The zero-order valence-electron chi connectivity index (χ0n) is 19.8. The number of aromatic amines is 1. The highest BCUT2D eigenvalue weighted by Gasteiger charge is 2.27. The Morgan fingerprint density at radius 1 is 1.22 bits per heavy atom. The van der Waals surface area contributed by atoms with Crippen molar-refractivity contribution in [3.8, 4) is 11.4 Å². The third kappa shape index (κ3) is 3.64. The number of pyridine rings is 1. The number of H-pyrrole nitrogens is 1. The maximum Gasteiger partial charge on any atom is 0.163 e. The van der Waals surface area contributed by atoms with Gasteiger partial charge in [0.1, 0.15) is 10.6 Å². The van der Waals surface area contributed by atoms with Crippen molar-refractivity contribution in [1.29, 1.82) is 0 Å². The summed E-state index contributed by atoms with van der Waals surface area (Å²) in [5.74, 6) is 1.07. The number of nitrogens with zero attached hydrogens (tertiary/aromatic N) is 5. The van der Waals surface area contributed by atoms with E-state index in [2.05, 4.69) is 20.9 Å². The molecule has 0 radical (unpaired) electrons. The molecule has 184 valence electrons. The minimum atomic E-state index is -0.305. The van der Waals surface area contributed by atoms with E-state index in [0.29, 0.717) is 36.1 Å². The fourth-order valence-electron chi connectivity index (χ4n) is 5.14. The van der Waals surface area contributed by atoms with E-state index in [-0.39, 0.29) is 5.82 Å². The number of aromatic nitrogens is 4. The van der Waals surface area contributed by atoms with Gasteiger partial charge in [-0.1, -0.05) is 12.1 Å². The zero-order chi connectivity index (χ0) is 24.2. The van der Waals surface area contributed by atoms with Crippen LogP contribution >= 0.6 is 11.3 Å². The van der Waals surface area contributed by atoms with Crippen LogP contribution in [0.1, 0.15) is 5.56 Å². The summed E-state index contributed by atoms with van der Waals surface area (Å²) in [6.07, 6.45) is 3.65. The number of hydrogen-bond acceptors (Lipinski definition) is 8. The molecular formula is C26H25FN6O2S. The summed E-state index contributed by atoms with van der Waals surface area (Å²) in [6, 6.07) is 7.85. The Bertz CT molecular complexity index is 1590. The van der Waals surface area contributed by atoms with Crippen LogP contribution in [0.5, 0.6) is 0 Å². The molecule has 6 heterocycles. The van der Waals surface area contributed by atoms with Crippen molar-refractivity contribution >= 4 is 48.5 Å². The van der Waals surface area contributed by atoms with Gasteiger partial charge in [-0.15, -0.1) is 11.3 Å². The van der Waals surface area contributed by atoms with Crippen LogP contribution in [-0.4, -0.2) is 77.4 Å². The first-order chi connectivity index (χ1) is 17.7. The minimum Gasteiger partial charge on any atom is -0.379 e. The van der Waals surface area contributed by atoms with Crippen LogP contribution in [0.25, 0.3) is 42.7 Å². The van der Waals surface area contributed by atoms with Crippen LogP contribution in [0.4, 0.5) is 10.2 Å². The average Bonchev–Trinajstić information content (AvgIpc) is 3.46. The molecule has 36 heavy (non-hydrogen) atoms. The largest absolute Gasteiger partial charge is 0.379 e. The van der Waals surface area contributed by atoms with Crippen LogP contribution in [0, 0.1) is 5.82 Å². The lowest BCUT2D eigenvalue weighted by Crippen LogP contribution is -2.50. The molecule has 1 N–H and O–H groups in total. The van der Waals surface area contributed by atoms with Gasteiger partial charge in [-0.2, -0.15) is 0 Å². The summed E-state index contributed by atoms with van der Waals surface area (Å²) in [5.41, 5.74) is 3.41. The van der Waals surface area contributed by atoms with Gasteiger partial charge in [-0.25, -0.2) is 19.3 Å². The van der Waals surface area contributed by atoms with E-state index in [9.17, 15) is 4.39 Å². The molecule has 7 rings (SSSR count). The third-order valence-electron chi connectivity index (χ3n) is 7.08. The Labute approximate surface area is 210 Å². The van der Waals surface area contributed by atoms with E-state index < -0.39 is 0 Å². The fraction of sp³-hybridized carbons (Fsp3) is 0.346. The van der Waals surface area contributed by atoms with Crippen LogP contribution in [0.15, 0.2) is 36.7 Å². The van der Waals surface area contributed by atoms with Crippen molar-refractivity contribution in [2.24, 2.45) is 0 Å². The van der Waals surface area contributed by atoms with E-state index >= 15 is 0 Å². The predicted molar refractivity (Wildman–Crippen MR) is 139 cm³/mol. The molecule has 2 saturated heterocycles. The normalized spacial score (nSPS) is 17.4. The molecular weight excluding hydrogens is 479 g/mol. The first-order valence-electron chi connectivity index (χ1n) is 12.1. The van der Waals surface area contributed by atoms with Crippen LogP contribution < -0.4 is 4.90 Å². The van der Waals surface area contributed by atoms with Crippen molar-refractivity contribution in [1.82, 2.24) is 24.8 Å². The third-order valence-corrected chi connectivity index (χ3v) is 8.18. The van der Waals surface area contributed by atoms with Crippen LogP contribution in [0.3, 0.4) is 0 Å². The monoisotopic (exact) mass is 504 g/mol. The van der Waals surface area contributed by atoms with Gasteiger partial charge in [0.25, 0.3) is 0 Å². The van der Waals surface area contributed by atoms with Crippen molar-refractivity contribution < 1.29 is 13.9 Å². The standard InChI is InChI=1S/C26H25FN6O2S/c1-34-16-13-32(14-16)12-15-9-18-22-23(36-26(18)29-10-15)25(33-5-7-35-8-6-33)31-24(30-22)17-3-2-4-20-21(17)19(27)11-28-20/h2-4,9-11,16,28H,5-8,12-14H2,1H3. The number of methoxy groups -OCH3 is 1. The number of morpholine rings is 1. The molecule has 0 saturated carbocycles. The minimum absolute atomic E-state index is 0.305. The quantitative estimate of drug-likeness (QED) is 0.384.